The van der Waals surface area contributed by atoms with Crippen LogP contribution in [-0.2, 0) is 9.59 Å². The summed E-state index contributed by atoms with van der Waals surface area (Å²) in [7, 11) is 0. The van der Waals surface area contributed by atoms with Crippen molar-refractivity contribution < 1.29 is 19.8 Å². The average Bonchev–Trinajstić information content (AvgIpc) is 2.03. The highest BCUT2D eigenvalue weighted by Gasteiger charge is 2.23. The third-order valence-corrected chi connectivity index (χ3v) is 1.84. The summed E-state index contributed by atoms with van der Waals surface area (Å²) >= 11 is 0. The van der Waals surface area contributed by atoms with Gasteiger partial charge in [0.2, 0.25) is 0 Å². The quantitative estimate of drug-likeness (QED) is 0.557. The van der Waals surface area contributed by atoms with Crippen molar-refractivity contribution in [2.24, 2.45) is 11.7 Å². The predicted molar refractivity (Wildman–Crippen MR) is 46.3 cm³/mol. The van der Waals surface area contributed by atoms with Crippen molar-refractivity contribution >= 4 is 11.9 Å². The fourth-order valence-corrected chi connectivity index (χ4v) is 1.10. The van der Waals surface area contributed by atoms with Crippen molar-refractivity contribution in [3.05, 3.63) is 0 Å². The Kier molecular flexibility index (Phi) is 5.06. The molecule has 4 N–H and O–H groups in total. The monoisotopic (exact) mass is 189 g/mol. The lowest BCUT2D eigenvalue weighted by Crippen LogP contribution is -2.34. The van der Waals surface area contributed by atoms with Crippen LogP contribution in [0.2, 0.25) is 0 Å². The second-order valence-corrected chi connectivity index (χ2v) is 3.00. The van der Waals surface area contributed by atoms with E-state index in [4.69, 9.17) is 15.9 Å². The van der Waals surface area contributed by atoms with Crippen LogP contribution in [0.15, 0.2) is 0 Å². The summed E-state index contributed by atoms with van der Waals surface area (Å²) in [5.41, 5.74) is 5.22. The molecule has 0 aliphatic heterocycles. The topological polar surface area (TPSA) is 101 Å². The molecule has 0 aromatic rings. The number of aliphatic carboxylic acids is 2. The van der Waals surface area contributed by atoms with Crippen molar-refractivity contribution in [2.75, 3.05) is 0 Å². The first-order chi connectivity index (χ1) is 5.99. The first-order valence-electron chi connectivity index (χ1n) is 4.20. The van der Waals surface area contributed by atoms with Crippen molar-refractivity contribution in [1.29, 1.82) is 0 Å². The van der Waals surface area contributed by atoms with Gasteiger partial charge in [0.1, 0.15) is 6.04 Å². The highest BCUT2D eigenvalue weighted by atomic mass is 16.4. The zero-order valence-corrected chi connectivity index (χ0v) is 7.56. The van der Waals surface area contributed by atoms with E-state index in [9.17, 15) is 9.59 Å². The number of nitrogens with two attached hydrogens (primary N) is 1. The van der Waals surface area contributed by atoms with Gasteiger partial charge in [-0.15, -0.1) is 0 Å². The predicted octanol–water partition coefficient (Wildman–Crippen LogP) is 0.289. The average molecular weight is 189 g/mol. The van der Waals surface area contributed by atoms with E-state index in [2.05, 4.69) is 0 Å². The molecule has 5 heteroatoms. The van der Waals surface area contributed by atoms with Gasteiger partial charge in [0.05, 0.1) is 5.92 Å². The van der Waals surface area contributed by atoms with E-state index >= 15 is 0 Å². The minimum absolute atomic E-state index is 0.00148. The van der Waals surface area contributed by atoms with E-state index in [0.29, 0.717) is 12.8 Å². The number of rotatable bonds is 6. The van der Waals surface area contributed by atoms with Crippen molar-refractivity contribution in [1.82, 2.24) is 0 Å². The summed E-state index contributed by atoms with van der Waals surface area (Å²) in [6, 6.07) is -1.08. The lowest BCUT2D eigenvalue weighted by Gasteiger charge is -2.13. The maximum atomic E-state index is 10.6. The lowest BCUT2D eigenvalue weighted by atomic mass is 9.96. The number of carboxylic acid groups (broad SMARTS) is 2. The van der Waals surface area contributed by atoms with Crippen molar-refractivity contribution in [2.45, 2.75) is 32.2 Å². The molecule has 76 valence electrons. The van der Waals surface area contributed by atoms with Gasteiger partial charge in [-0.1, -0.05) is 13.3 Å². The molecular weight excluding hydrogens is 174 g/mol. The molecule has 5 nitrogen and oxygen atoms in total. The molecule has 1 unspecified atom stereocenters. The Morgan fingerprint density at radius 1 is 1.31 bits per heavy atom. The standard InChI is InChI=1S/C8H15NO4/c1-2-3-5(7(10)11)4-6(9)8(12)13/h5-6H,2-4,9H2,1H3,(H,10,11)(H,12,13)/t5?,6-/m0/s1. The van der Waals surface area contributed by atoms with Gasteiger partial charge in [-0.05, 0) is 12.8 Å². The van der Waals surface area contributed by atoms with Crippen molar-refractivity contribution in [3.63, 3.8) is 0 Å². The molecular formula is C8H15NO4. The van der Waals surface area contributed by atoms with E-state index < -0.39 is 23.9 Å². The first kappa shape index (κ1) is 11.9. The number of carboxylic acids is 2. The normalized spacial score (nSPS) is 14.9. The molecule has 0 aliphatic carbocycles. The van der Waals surface area contributed by atoms with Gasteiger partial charge in [-0.3, -0.25) is 9.59 Å². The largest absolute Gasteiger partial charge is 0.481 e. The Balaban J connectivity index is 4.09. The molecule has 0 spiro atoms. The zero-order valence-electron chi connectivity index (χ0n) is 7.56. The number of hydrogen-bond acceptors (Lipinski definition) is 3. The Morgan fingerprint density at radius 2 is 1.85 bits per heavy atom. The molecule has 0 heterocycles. The fourth-order valence-electron chi connectivity index (χ4n) is 1.10. The Labute approximate surface area is 76.5 Å². The van der Waals surface area contributed by atoms with Crippen LogP contribution in [0.25, 0.3) is 0 Å². The van der Waals surface area contributed by atoms with E-state index in [-0.39, 0.29) is 6.42 Å². The molecule has 0 rings (SSSR count). The molecule has 0 aliphatic rings. The highest BCUT2D eigenvalue weighted by molar-refractivity contribution is 5.75. The number of carbonyl (C=O) groups is 2. The van der Waals surface area contributed by atoms with Gasteiger partial charge in [-0.25, -0.2) is 0 Å². The molecule has 0 fully saturated rings. The molecule has 0 amide bonds. The minimum atomic E-state index is -1.15. The number of hydrogen-bond donors (Lipinski definition) is 3. The molecule has 13 heavy (non-hydrogen) atoms. The second kappa shape index (κ2) is 5.53. The van der Waals surface area contributed by atoms with Crippen LogP contribution in [0.1, 0.15) is 26.2 Å². The van der Waals surface area contributed by atoms with Crippen LogP contribution >= 0.6 is 0 Å². The molecule has 0 aromatic carbocycles. The summed E-state index contributed by atoms with van der Waals surface area (Å²) < 4.78 is 0. The Morgan fingerprint density at radius 3 is 2.15 bits per heavy atom. The minimum Gasteiger partial charge on any atom is -0.481 e. The van der Waals surface area contributed by atoms with Crippen LogP contribution in [0, 0.1) is 5.92 Å². The van der Waals surface area contributed by atoms with E-state index in [0.717, 1.165) is 0 Å². The smallest absolute Gasteiger partial charge is 0.320 e. The van der Waals surface area contributed by atoms with Crippen LogP contribution in [0.3, 0.4) is 0 Å². The fraction of sp³-hybridized carbons (Fsp3) is 0.750. The second-order valence-electron chi connectivity index (χ2n) is 3.00. The molecule has 0 radical (unpaired) electrons. The van der Waals surface area contributed by atoms with Gasteiger partial charge in [-0.2, -0.15) is 0 Å². The van der Waals surface area contributed by atoms with E-state index in [1.54, 1.807) is 0 Å². The van der Waals surface area contributed by atoms with Gasteiger partial charge in [0, 0.05) is 0 Å². The Bertz CT molecular complexity index is 193. The lowest BCUT2D eigenvalue weighted by molar-refractivity contribution is -0.143. The zero-order chi connectivity index (χ0) is 10.4. The first-order valence-corrected chi connectivity index (χ1v) is 4.20. The molecule has 0 aromatic heterocycles. The molecule has 2 atom stereocenters. The summed E-state index contributed by atoms with van der Waals surface area (Å²) in [6.45, 7) is 1.85. The van der Waals surface area contributed by atoms with Crippen molar-refractivity contribution in [3.8, 4) is 0 Å². The van der Waals surface area contributed by atoms with E-state index in [1.165, 1.54) is 0 Å². The highest BCUT2D eigenvalue weighted by Crippen LogP contribution is 2.13. The summed E-state index contributed by atoms with van der Waals surface area (Å²) in [6.07, 6.45) is 1.18. The van der Waals surface area contributed by atoms with E-state index in [1.807, 2.05) is 6.92 Å². The summed E-state index contributed by atoms with van der Waals surface area (Å²) in [4.78, 5) is 20.9. The van der Waals surface area contributed by atoms with Gasteiger partial charge >= 0.3 is 11.9 Å². The van der Waals surface area contributed by atoms with Crippen LogP contribution < -0.4 is 5.73 Å². The molecule has 0 bridgehead atoms. The molecule has 0 saturated carbocycles. The summed E-state index contributed by atoms with van der Waals surface area (Å²) in [5.74, 6) is -2.77. The van der Waals surface area contributed by atoms with Gasteiger partial charge < -0.3 is 15.9 Å². The van der Waals surface area contributed by atoms with Crippen LogP contribution in [-0.4, -0.2) is 28.2 Å². The third kappa shape index (κ3) is 4.47. The van der Waals surface area contributed by atoms with Gasteiger partial charge in [0.25, 0.3) is 0 Å². The Hall–Kier alpha value is -1.10. The van der Waals surface area contributed by atoms with Gasteiger partial charge in [0.15, 0.2) is 0 Å². The maximum absolute atomic E-state index is 10.6. The molecule has 0 saturated heterocycles. The summed E-state index contributed by atoms with van der Waals surface area (Å²) in [5, 5.41) is 17.1. The van der Waals surface area contributed by atoms with Crippen LogP contribution in [0.4, 0.5) is 0 Å². The SMILES string of the molecule is CCCC(C[C@H](N)C(=O)O)C(=O)O. The maximum Gasteiger partial charge on any atom is 0.320 e. The van der Waals surface area contributed by atoms with Crippen LogP contribution in [0.5, 0.6) is 0 Å². The third-order valence-electron chi connectivity index (χ3n) is 1.84.